The van der Waals surface area contributed by atoms with E-state index in [1.165, 1.54) is 0 Å². The second-order valence-corrected chi connectivity index (χ2v) is 4.54. The molecule has 0 amide bonds. The number of hydrogen-bond acceptors (Lipinski definition) is 3. The standard InChI is InChI=1S/C12H16BrNO3/c1-2-10(7-14-8-12(15)16)17-11-5-3-9(13)4-6-11/h3-6,10,14H,2,7-8H2,1H3,(H,15,16). The Bertz CT molecular complexity index is 353. The highest BCUT2D eigenvalue weighted by molar-refractivity contribution is 9.10. The maximum absolute atomic E-state index is 10.4. The predicted octanol–water partition coefficient (Wildman–Crippen LogP) is 2.28. The molecule has 0 bridgehead atoms. The normalized spacial score (nSPS) is 12.1. The van der Waals surface area contributed by atoms with Gasteiger partial charge >= 0.3 is 5.97 Å². The summed E-state index contributed by atoms with van der Waals surface area (Å²) in [7, 11) is 0. The SMILES string of the molecule is CCC(CNCC(=O)O)Oc1ccc(Br)cc1. The van der Waals surface area contributed by atoms with E-state index in [0.29, 0.717) is 6.54 Å². The van der Waals surface area contributed by atoms with Crippen molar-refractivity contribution in [2.45, 2.75) is 19.4 Å². The Kier molecular flexibility index (Phi) is 6.00. The predicted molar refractivity (Wildman–Crippen MR) is 69.4 cm³/mol. The van der Waals surface area contributed by atoms with Crippen molar-refractivity contribution in [1.82, 2.24) is 5.32 Å². The summed E-state index contributed by atoms with van der Waals surface area (Å²) < 4.78 is 6.73. The first-order valence-electron chi connectivity index (χ1n) is 5.46. The lowest BCUT2D eigenvalue weighted by atomic mass is 10.2. The monoisotopic (exact) mass is 301 g/mol. The van der Waals surface area contributed by atoms with E-state index in [1.807, 2.05) is 31.2 Å². The van der Waals surface area contributed by atoms with Crippen molar-refractivity contribution in [1.29, 1.82) is 0 Å². The van der Waals surface area contributed by atoms with Crippen molar-refractivity contribution in [2.75, 3.05) is 13.1 Å². The van der Waals surface area contributed by atoms with Gasteiger partial charge in [-0.05, 0) is 30.7 Å². The maximum Gasteiger partial charge on any atom is 0.317 e. The van der Waals surface area contributed by atoms with Crippen molar-refractivity contribution in [3.05, 3.63) is 28.7 Å². The Balaban J connectivity index is 2.40. The number of carboxylic acid groups (broad SMARTS) is 1. The lowest BCUT2D eigenvalue weighted by molar-refractivity contribution is -0.136. The Hall–Kier alpha value is -1.07. The van der Waals surface area contributed by atoms with Gasteiger partial charge < -0.3 is 15.2 Å². The van der Waals surface area contributed by atoms with Crippen LogP contribution in [0.25, 0.3) is 0 Å². The number of aliphatic carboxylic acids is 1. The Labute approximate surface area is 109 Å². The van der Waals surface area contributed by atoms with Gasteiger partial charge in [-0.25, -0.2) is 0 Å². The van der Waals surface area contributed by atoms with Crippen molar-refractivity contribution in [3.63, 3.8) is 0 Å². The molecule has 17 heavy (non-hydrogen) atoms. The topological polar surface area (TPSA) is 58.6 Å². The summed E-state index contributed by atoms with van der Waals surface area (Å²) in [6.45, 7) is 2.49. The largest absolute Gasteiger partial charge is 0.489 e. The number of nitrogens with one attached hydrogen (secondary N) is 1. The highest BCUT2D eigenvalue weighted by atomic mass is 79.9. The van der Waals surface area contributed by atoms with Crippen molar-refractivity contribution in [3.8, 4) is 5.75 Å². The summed E-state index contributed by atoms with van der Waals surface area (Å²) in [4.78, 5) is 10.4. The highest BCUT2D eigenvalue weighted by Crippen LogP contribution is 2.17. The Morgan fingerprint density at radius 2 is 2.12 bits per heavy atom. The van der Waals surface area contributed by atoms with Crippen LogP contribution < -0.4 is 10.1 Å². The molecule has 94 valence electrons. The maximum atomic E-state index is 10.4. The highest BCUT2D eigenvalue weighted by Gasteiger charge is 2.08. The third-order valence-corrected chi connectivity index (χ3v) is 2.75. The number of carboxylic acids is 1. The van der Waals surface area contributed by atoms with Crippen LogP contribution in [0.3, 0.4) is 0 Å². The molecule has 0 spiro atoms. The first-order valence-corrected chi connectivity index (χ1v) is 6.26. The fourth-order valence-corrected chi connectivity index (χ4v) is 1.58. The second-order valence-electron chi connectivity index (χ2n) is 3.63. The smallest absolute Gasteiger partial charge is 0.317 e. The summed E-state index contributed by atoms with van der Waals surface area (Å²) in [5.41, 5.74) is 0. The van der Waals surface area contributed by atoms with Gasteiger partial charge in [0.1, 0.15) is 11.9 Å². The molecule has 2 N–H and O–H groups in total. The Morgan fingerprint density at radius 3 is 2.65 bits per heavy atom. The summed E-state index contributed by atoms with van der Waals surface area (Å²) in [5, 5.41) is 11.3. The molecule has 1 atom stereocenters. The molecular formula is C12H16BrNO3. The molecular weight excluding hydrogens is 286 g/mol. The van der Waals surface area contributed by atoms with Gasteiger partial charge in [0.2, 0.25) is 0 Å². The molecule has 1 aromatic carbocycles. The van der Waals surface area contributed by atoms with Gasteiger partial charge in [0.15, 0.2) is 0 Å². The Morgan fingerprint density at radius 1 is 1.47 bits per heavy atom. The van der Waals surface area contributed by atoms with Gasteiger partial charge in [0.05, 0.1) is 6.54 Å². The van der Waals surface area contributed by atoms with E-state index in [9.17, 15) is 4.79 Å². The zero-order valence-corrected chi connectivity index (χ0v) is 11.2. The summed E-state index contributed by atoms with van der Waals surface area (Å²) in [5.74, 6) is -0.0688. The quantitative estimate of drug-likeness (QED) is 0.811. The van der Waals surface area contributed by atoms with Gasteiger partial charge in [0, 0.05) is 11.0 Å². The first-order chi connectivity index (χ1) is 8.11. The molecule has 0 saturated heterocycles. The van der Waals surface area contributed by atoms with E-state index < -0.39 is 5.97 Å². The van der Waals surface area contributed by atoms with Crippen molar-refractivity contribution < 1.29 is 14.6 Å². The third-order valence-electron chi connectivity index (χ3n) is 2.22. The molecule has 1 aromatic rings. The fourth-order valence-electron chi connectivity index (χ4n) is 1.32. The summed E-state index contributed by atoms with van der Waals surface area (Å²) in [6.07, 6.45) is 0.804. The molecule has 0 aliphatic heterocycles. The summed E-state index contributed by atoms with van der Waals surface area (Å²) in [6, 6.07) is 7.58. The molecule has 1 rings (SSSR count). The molecule has 4 nitrogen and oxygen atoms in total. The second kappa shape index (κ2) is 7.29. The van der Waals surface area contributed by atoms with Crippen LogP contribution in [0, 0.1) is 0 Å². The molecule has 0 saturated carbocycles. The lowest BCUT2D eigenvalue weighted by Gasteiger charge is -2.17. The van der Waals surface area contributed by atoms with Crippen molar-refractivity contribution >= 4 is 21.9 Å². The molecule has 0 radical (unpaired) electrons. The molecule has 1 unspecified atom stereocenters. The van der Waals surface area contributed by atoms with E-state index in [2.05, 4.69) is 21.2 Å². The third kappa shape index (κ3) is 5.70. The fraction of sp³-hybridized carbons (Fsp3) is 0.417. The first kappa shape index (κ1) is 14.0. The van der Waals surface area contributed by atoms with Crippen LogP contribution in [0.5, 0.6) is 5.75 Å². The number of halogens is 1. The van der Waals surface area contributed by atoms with E-state index in [-0.39, 0.29) is 12.6 Å². The zero-order chi connectivity index (χ0) is 12.7. The molecule has 0 fully saturated rings. The van der Waals surface area contributed by atoms with E-state index in [4.69, 9.17) is 9.84 Å². The number of hydrogen-bond donors (Lipinski definition) is 2. The minimum atomic E-state index is -0.858. The lowest BCUT2D eigenvalue weighted by Crippen LogP contribution is -2.34. The molecule has 0 aliphatic rings. The van der Waals surface area contributed by atoms with Crippen molar-refractivity contribution in [2.24, 2.45) is 0 Å². The number of benzene rings is 1. The van der Waals surface area contributed by atoms with E-state index >= 15 is 0 Å². The molecule has 0 aromatic heterocycles. The molecule has 0 heterocycles. The van der Waals surface area contributed by atoms with Gasteiger partial charge in [-0.3, -0.25) is 4.79 Å². The van der Waals surface area contributed by atoms with Crippen LogP contribution in [0.4, 0.5) is 0 Å². The summed E-state index contributed by atoms with van der Waals surface area (Å²) >= 11 is 3.35. The van der Waals surface area contributed by atoms with Crippen LogP contribution in [0.1, 0.15) is 13.3 Å². The van der Waals surface area contributed by atoms with E-state index in [0.717, 1.165) is 16.6 Å². The van der Waals surface area contributed by atoms with Gasteiger partial charge in [-0.1, -0.05) is 22.9 Å². The van der Waals surface area contributed by atoms with Gasteiger partial charge in [0.25, 0.3) is 0 Å². The average molecular weight is 302 g/mol. The van der Waals surface area contributed by atoms with Crippen LogP contribution in [0.15, 0.2) is 28.7 Å². The minimum absolute atomic E-state index is 0.0180. The van der Waals surface area contributed by atoms with Gasteiger partial charge in [-0.15, -0.1) is 0 Å². The van der Waals surface area contributed by atoms with Gasteiger partial charge in [-0.2, -0.15) is 0 Å². The number of ether oxygens (including phenoxy) is 1. The minimum Gasteiger partial charge on any atom is -0.489 e. The number of carbonyl (C=O) groups is 1. The molecule has 5 heteroatoms. The number of rotatable bonds is 7. The van der Waals surface area contributed by atoms with Crippen LogP contribution in [-0.2, 0) is 4.79 Å². The molecule has 0 aliphatic carbocycles. The average Bonchev–Trinajstić information content (AvgIpc) is 2.30. The van der Waals surface area contributed by atoms with Crippen LogP contribution in [0.2, 0.25) is 0 Å². The van der Waals surface area contributed by atoms with E-state index in [1.54, 1.807) is 0 Å². The van der Waals surface area contributed by atoms with Crippen LogP contribution in [-0.4, -0.2) is 30.3 Å². The van der Waals surface area contributed by atoms with Crippen LogP contribution >= 0.6 is 15.9 Å². The zero-order valence-electron chi connectivity index (χ0n) is 9.65.